The second-order valence-electron chi connectivity index (χ2n) is 14.8. The van der Waals surface area contributed by atoms with Gasteiger partial charge in [-0.05, 0) is 74.0 Å². The minimum Gasteiger partial charge on any atom is -0.381 e. The van der Waals surface area contributed by atoms with Gasteiger partial charge in [-0.3, -0.25) is 0 Å². The Morgan fingerprint density at radius 3 is 1.34 bits per heavy atom. The van der Waals surface area contributed by atoms with E-state index in [9.17, 15) is 0 Å². The molecule has 240 valence electrons. The number of methoxy groups -OCH3 is 2. The summed E-state index contributed by atoms with van der Waals surface area (Å²) in [5.74, 6) is 1.87. The zero-order valence-electron chi connectivity index (χ0n) is 28.7. The molecule has 2 aliphatic rings. The molecule has 2 rings (SSSR count). The van der Waals surface area contributed by atoms with Gasteiger partial charge in [0.2, 0.25) is 0 Å². The zero-order chi connectivity index (χ0) is 30.1. The smallest absolute Gasteiger partial charge is 0.0677 e. The van der Waals surface area contributed by atoms with Crippen molar-refractivity contribution in [3.8, 4) is 0 Å². The molecule has 6 atom stereocenters. The van der Waals surface area contributed by atoms with Gasteiger partial charge < -0.3 is 14.2 Å². The van der Waals surface area contributed by atoms with Crippen LogP contribution in [-0.2, 0) is 14.2 Å². The fourth-order valence-electron chi connectivity index (χ4n) is 7.90. The van der Waals surface area contributed by atoms with Crippen LogP contribution in [0, 0.1) is 34.5 Å². The molecule has 2 fully saturated rings. The van der Waals surface area contributed by atoms with Gasteiger partial charge in [0.1, 0.15) is 0 Å². The van der Waals surface area contributed by atoms with E-state index in [0.717, 1.165) is 13.2 Å². The SMILES string of the molecule is CCCCCCC/C=C/[C@@H]1CCC(C)(C)[C@H](OC)[C@H]1COC[C@H]1[C@H](/C=C/CCCCCCC)CCC(C)(C)[C@@H]1OC. The summed E-state index contributed by atoms with van der Waals surface area (Å²) in [5.41, 5.74) is 0.356. The lowest BCUT2D eigenvalue weighted by molar-refractivity contribution is -0.126. The van der Waals surface area contributed by atoms with Gasteiger partial charge in [0.05, 0.1) is 25.4 Å². The Hall–Kier alpha value is -0.640. The maximum Gasteiger partial charge on any atom is 0.0677 e. The largest absolute Gasteiger partial charge is 0.381 e. The van der Waals surface area contributed by atoms with E-state index < -0.39 is 0 Å². The molecule has 2 saturated carbocycles. The first kappa shape index (κ1) is 36.6. The van der Waals surface area contributed by atoms with Crippen molar-refractivity contribution in [3.63, 3.8) is 0 Å². The summed E-state index contributed by atoms with van der Waals surface area (Å²) < 4.78 is 19.2. The molecule has 0 aliphatic heterocycles. The van der Waals surface area contributed by atoms with Crippen LogP contribution in [0.3, 0.4) is 0 Å². The normalized spacial score (nSPS) is 30.0. The lowest BCUT2D eigenvalue weighted by Crippen LogP contribution is -2.49. The molecule has 0 spiro atoms. The maximum atomic E-state index is 6.74. The Balaban J connectivity index is 2.04. The van der Waals surface area contributed by atoms with Crippen molar-refractivity contribution in [2.75, 3.05) is 27.4 Å². The molecule has 0 aromatic heterocycles. The van der Waals surface area contributed by atoms with Gasteiger partial charge in [-0.1, -0.05) is 117 Å². The number of hydrogen-bond acceptors (Lipinski definition) is 3. The van der Waals surface area contributed by atoms with Crippen LogP contribution in [0.5, 0.6) is 0 Å². The summed E-state index contributed by atoms with van der Waals surface area (Å²) in [7, 11) is 3.82. The Morgan fingerprint density at radius 1 is 0.585 bits per heavy atom. The van der Waals surface area contributed by atoms with Gasteiger partial charge in [-0.2, -0.15) is 0 Å². The van der Waals surface area contributed by atoms with Crippen molar-refractivity contribution < 1.29 is 14.2 Å². The van der Waals surface area contributed by atoms with Gasteiger partial charge in [0.25, 0.3) is 0 Å². The number of rotatable bonds is 20. The van der Waals surface area contributed by atoms with E-state index in [2.05, 4.69) is 65.8 Å². The predicted molar refractivity (Wildman–Crippen MR) is 177 cm³/mol. The van der Waals surface area contributed by atoms with E-state index in [1.807, 2.05) is 14.2 Å². The van der Waals surface area contributed by atoms with Crippen LogP contribution in [0.4, 0.5) is 0 Å². The summed E-state index contributed by atoms with van der Waals surface area (Å²) in [4.78, 5) is 0. The third-order valence-electron chi connectivity index (χ3n) is 10.5. The lowest BCUT2D eigenvalue weighted by atomic mass is 9.64. The number of hydrogen-bond donors (Lipinski definition) is 0. The second-order valence-corrected chi connectivity index (χ2v) is 14.8. The monoisotopic (exact) mass is 575 g/mol. The van der Waals surface area contributed by atoms with Crippen molar-refractivity contribution >= 4 is 0 Å². The summed E-state index contributed by atoms with van der Waals surface area (Å²) >= 11 is 0. The first-order valence-corrected chi connectivity index (χ1v) is 17.7. The van der Waals surface area contributed by atoms with Gasteiger partial charge >= 0.3 is 0 Å². The maximum absolute atomic E-state index is 6.74. The molecular formula is C38H70O3. The van der Waals surface area contributed by atoms with E-state index in [1.54, 1.807) is 0 Å². The molecule has 0 heterocycles. The standard InChI is InChI=1S/C38H70O3/c1-9-11-13-15-17-19-21-23-31-25-27-37(3,4)35(39-7)33(31)29-41-30-34-32(24-22-20-18-16-14-12-10-2)26-28-38(5,6)36(34)40-8/h21-24,31-36H,9-20,25-30H2,1-8H3/b23-21+,24-22+/t31-,32-,33+,34+,35-,36-/m1/s1. The quantitative estimate of drug-likeness (QED) is 0.107. The van der Waals surface area contributed by atoms with Crippen LogP contribution in [0.25, 0.3) is 0 Å². The summed E-state index contributed by atoms with van der Waals surface area (Å²) in [6, 6.07) is 0. The highest BCUT2D eigenvalue weighted by atomic mass is 16.5. The highest BCUT2D eigenvalue weighted by Gasteiger charge is 2.45. The van der Waals surface area contributed by atoms with Gasteiger partial charge in [-0.15, -0.1) is 0 Å². The van der Waals surface area contributed by atoms with Crippen molar-refractivity contribution in [2.45, 2.75) is 156 Å². The summed E-state index contributed by atoms with van der Waals surface area (Å²) in [5, 5.41) is 0. The molecule has 0 N–H and O–H groups in total. The Morgan fingerprint density at radius 2 is 0.976 bits per heavy atom. The zero-order valence-corrected chi connectivity index (χ0v) is 28.7. The number of unbranched alkanes of at least 4 members (excludes halogenated alkanes) is 10. The van der Waals surface area contributed by atoms with Gasteiger partial charge in [0, 0.05) is 26.1 Å². The van der Waals surface area contributed by atoms with Gasteiger partial charge in [0.15, 0.2) is 0 Å². The average molecular weight is 575 g/mol. The molecular weight excluding hydrogens is 504 g/mol. The molecule has 41 heavy (non-hydrogen) atoms. The molecule has 0 saturated heterocycles. The molecule has 0 aromatic carbocycles. The molecule has 0 unspecified atom stereocenters. The molecule has 0 radical (unpaired) electrons. The topological polar surface area (TPSA) is 27.7 Å². The summed E-state index contributed by atoms with van der Waals surface area (Å²) in [6.07, 6.45) is 31.1. The van der Waals surface area contributed by atoms with E-state index in [-0.39, 0.29) is 23.0 Å². The highest BCUT2D eigenvalue weighted by Crippen LogP contribution is 2.46. The highest BCUT2D eigenvalue weighted by molar-refractivity contribution is 5.03. The van der Waals surface area contributed by atoms with Crippen molar-refractivity contribution in [1.29, 1.82) is 0 Å². The molecule has 0 aromatic rings. The van der Waals surface area contributed by atoms with Crippen LogP contribution in [-0.4, -0.2) is 39.6 Å². The van der Waals surface area contributed by atoms with E-state index in [1.165, 1.54) is 103 Å². The van der Waals surface area contributed by atoms with Crippen LogP contribution < -0.4 is 0 Å². The lowest BCUT2D eigenvalue weighted by Gasteiger charge is -2.48. The minimum atomic E-state index is 0.178. The second kappa shape index (κ2) is 19.6. The Bertz CT molecular complexity index is 663. The van der Waals surface area contributed by atoms with Crippen LogP contribution in [0.15, 0.2) is 24.3 Å². The molecule has 3 heteroatoms. The van der Waals surface area contributed by atoms with Crippen molar-refractivity contribution in [3.05, 3.63) is 24.3 Å². The average Bonchev–Trinajstić information content (AvgIpc) is 2.93. The van der Waals surface area contributed by atoms with Crippen LogP contribution in [0.2, 0.25) is 0 Å². The Kier molecular flexibility index (Phi) is 17.5. The van der Waals surface area contributed by atoms with Crippen molar-refractivity contribution in [2.24, 2.45) is 34.5 Å². The third kappa shape index (κ3) is 12.1. The van der Waals surface area contributed by atoms with Gasteiger partial charge in [-0.25, -0.2) is 0 Å². The first-order valence-electron chi connectivity index (χ1n) is 17.7. The van der Waals surface area contributed by atoms with E-state index in [4.69, 9.17) is 14.2 Å². The van der Waals surface area contributed by atoms with E-state index >= 15 is 0 Å². The molecule has 2 aliphatic carbocycles. The molecule has 0 bridgehead atoms. The third-order valence-corrected chi connectivity index (χ3v) is 10.5. The summed E-state index contributed by atoms with van der Waals surface area (Å²) in [6.45, 7) is 15.7. The van der Waals surface area contributed by atoms with E-state index in [0.29, 0.717) is 23.7 Å². The predicted octanol–water partition coefficient (Wildman–Crippen LogP) is 11.0. The number of ether oxygens (including phenoxy) is 3. The Labute approximate surface area is 256 Å². The van der Waals surface area contributed by atoms with Crippen LogP contribution in [0.1, 0.15) is 144 Å². The molecule has 3 nitrogen and oxygen atoms in total. The molecule has 0 amide bonds. The fraction of sp³-hybridized carbons (Fsp3) is 0.895. The fourth-order valence-corrected chi connectivity index (χ4v) is 7.90. The number of allylic oxidation sites excluding steroid dienone is 4. The first-order chi connectivity index (χ1) is 19.7. The minimum absolute atomic E-state index is 0.178. The van der Waals surface area contributed by atoms with Crippen molar-refractivity contribution in [1.82, 2.24) is 0 Å². The van der Waals surface area contributed by atoms with Crippen LogP contribution >= 0.6 is 0 Å².